The van der Waals surface area contributed by atoms with E-state index in [4.69, 9.17) is 0 Å². The first kappa shape index (κ1) is 16.8. The summed E-state index contributed by atoms with van der Waals surface area (Å²) in [6.45, 7) is 2.28. The third-order valence-corrected chi connectivity index (χ3v) is 4.87. The van der Waals surface area contributed by atoms with Crippen molar-refractivity contribution < 1.29 is 0 Å². The molecule has 0 spiro atoms. The Morgan fingerprint density at radius 2 is 1.33 bits per heavy atom. The van der Waals surface area contributed by atoms with Gasteiger partial charge in [0.2, 0.25) is 0 Å². The molecule has 0 aromatic heterocycles. The fraction of sp³-hybridized carbons (Fsp3) is 0.333. The lowest BCUT2D eigenvalue weighted by Gasteiger charge is -2.08. The predicted octanol–water partition coefficient (Wildman–Crippen LogP) is 7.41. The zero-order chi connectivity index (χ0) is 16.6. The number of hydrogen-bond acceptors (Lipinski definition) is 0. The maximum atomic E-state index is 2.31. The van der Waals surface area contributed by atoms with Gasteiger partial charge in [0, 0.05) is 0 Å². The van der Waals surface area contributed by atoms with Gasteiger partial charge in [0.25, 0.3) is 0 Å². The van der Waals surface area contributed by atoms with Crippen molar-refractivity contribution in [2.24, 2.45) is 0 Å². The van der Waals surface area contributed by atoms with Gasteiger partial charge < -0.3 is 0 Å². The summed E-state index contributed by atoms with van der Waals surface area (Å²) in [7, 11) is 0. The highest BCUT2D eigenvalue weighted by molar-refractivity contribution is 5.96. The second-order valence-corrected chi connectivity index (χ2v) is 6.74. The van der Waals surface area contributed by atoms with Gasteiger partial charge >= 0.3 is 0 Å². The van der Waals surface area contributed by atoms with Crippen LogP contribution in [0.15, 0.2) is 66.7 Å². The maximum absolute atomic E-state index is 2.31. The van der Waals surface area contributed by atoms with Gasteiger partial charge in [-0.2, -0.15) is 0 Å². The van der Waals surface area contributed by atoms with Crippen LogP contribution in [0, 0.1) is 0 Å². The van der Waals surface area contributed by atoms with Crippen molar-refractivity contribution in [2.75, 3.05) is 0 Å². The van der Waals surface area contributed by atoms with Crippen molar-refractivity contribution in [1.82, 2.24) is 0 Å². The SMILES string of the molecule is CCCCCCCCc1ccc(-c2cccc3ccccc23)cc1. The van der Waals surface area contributed by atoms with Crippen LogP contribution in [0.25, 0.3) is 21.9 Å². The van der Waals surface area contributed by atoms with E-state index in [0.29, 0.717) is 0 Å². The van der Waals surface area contributed by atoms with Gasteiger partial charge in [-0.25, -0.2) is 0 Å². The molecule has 0 radical (unpaired) electrons. The van der Waals surface area contributed by atoms with E-state index in [1.54, 1.807) is 0 Å². The van der Waals surface area contributed by atoms with Crippen LogP contribution in [-0.4, -0.2) is 0 Å². The Hall–Kier alpha value is -2.08. The highest BCUT2D eigenvalue weighted by Gasteiger charge is 2.03. The van der Waals surface area contributed by atoms with E-state index in [1.807, 2.05) is 0 Å². The van der Waals surface area contributed by atoms with Crippen LogP contribution in [-0.2, 0) is 6.42 Å². The standard InChI is InChI=1S/C24H28/c1-2-3-4-5-6-7-11-20-16-18-22(19-17-20)24-15-10-13-21-12-8-9-14-23(21)24/h8-10,12-19H,2-7,11H2,1H3. The van der Waals surface area contributed by atoms with Crippen molar-refractivity contribution in [3.8, 4) is 11.1 Å². The molecule has 0 aliphatic carbocycles. The number of aryl methyl sites for hydroxylation is 1. The summed E-state index contributed by atoms with van der Waals surface area (Å²) < 4.78 is 0. The second-order valence-electron chi connectivity index (χ2n) is 6.74. The number of rotatable bonds is 8. The fourth-order valence-electron chi connectivity index (χ4n) is 3.44. The number of unbranched alkanes of at least 4 members (excludes halogenated alkanes) is 5. The molecule has 24 heavy (non-hydrogen) atoms. The number of benzene rings is 3. The minimum absolute atomic E-state index is 1.21. The zero-order valence-corrected chi connectivity index (χ0v) is 14.8. The Kier molecular flexibility index (Phi) is 6.07. The molecule has 124 valence electrons. The van der Waals surface area contributed by atoms with Gasteiger partial charge in [-0.15, -0.1) is 0 Å². The Morgan fingerprint density at radius 1 is 0.625 bits per heavy atom. The van der Waals surface area contributed by atoms with E-state index in [-0.39, 0.29) is 0 Å². The third kappa shape index (κ3) is 4.26. The van der Waals surface area contributed by atoms with Crippen molar-refractivity contribution in [1.29, 1.82) is 0 Å². The summed E-state index contributed by atoms with van der Waals surface area (Å²) >= 11 is 0. The molecule has 0 aliphatic rings. The molecule has 0 bridgehead atoms. The Labute approximate surface area is 146 Å². The number of hydrogen-bond donors (Lipinski definition) is 0. The minimum atomic E-state index is 1.21. The lowest BCUT2D eigenvalue weighted by Crippen LogP contribution is -1.87. The molecule has 3 rings (SSSR count). The lowest BCUT2D eigenvalue weighted by atomic mass is 9.96. The first-order valence-corrected chi connectivity index (χ1v) is 9.45. The van der Waals surface area contributed by atoms with Gasteiger partial charge in [0.05, 0.1) is 0 Å². The molecule has 0 N–H and O–H groups in total. The van der Waals surface area contributed by atoms with E-state index in [2.05, 4.69) is 73.7 Å². The van der Waals surface area contributed by atoms with Crippen LogP contribution in [0.2, 0.25) is 0 Å². The molecule has 0 amide bonds. The molecular formula is C24H28. The van der Waals surface area contributed by atoms with E-state index in [9.17, 15) is 0 Å². The van der Waals surface area contributed by atoms with Crippen molar-refractivity contribution in [2.45, 2.75) is 51.9 Å². The summed E-state index contributed by atoms with van der Waals surface area (Å²) in [6.07, 6.45) is 9.40. The normalized spacial score (nSPS) is 11.0. The maximum Gasteiger partial charge on any atom is -0.0105 e. The first-order valence-electron chi connectivity index (χ1n) is 9.45. The van der Waals surface area contributed by atoms with Gasteiger partial charge in [-0.05, 0) is 40.3 Å². The third-order valence-electron chi connectivity index (χ3n) is 4.87. The van der Waals surface area contributed by atoms with E-state index in [0.717, 1.165) is 0 Å². The highest BCUT2D eigenvalue weighted by atomic mass is 14.1. The van der Waals surface area contributed by atoms with Crippen molar-refractivity contribution in [3.63, 3.8) is 0 Å². The van der Waals surface area contributed by atoms with Crippen LogP contribution in [0.5, 0.6) is 0 Å². The number of fused-ring (bicyclic) bond motifs is 1. The second kappa shape index (κ2) is 8.68. The van der Waals surface area contributed by atoms with Gasteiger partial charge in [0.15, 0.2) is 0 Å². The molecule has 0 fully saturated rings. The summed E-state index contributed by atoms with van der Waals surface area (Å²) in [5.74, 6) is 0. The van der Waals surface area contributed by atoms with E-state index in [1.165, 1.54) is 72.4 Å². The molecule has 0 heterocycles. The van der Waals surface area contributed by atoms with Crippen molar-refractivity contribution >= 4 is 10.8 Å². The average Bonchev–Trinajstić information content (AvgIpc) is 2.65. The molecule has 0 saturated carbocycles. The predicted molar refractivity (Wildman–Crippen MR) is 106 cm³/mol. The molecule has 0 atom stereocenters. The molecule has 3 aromatic rings. The van der Waals surface area contributed by atoms with Crippen LogP contribution >= 0.6 is 0 Å². The largest absolute Gasteiger partial charge is 0.0654 e. The van der Waals surface area contributed by atoms with E-state index >= 15 is 0 Å². The Morgan fingerprint density at radius 3 is 2.17 bits per heavy atom. The monoisotopic (exact) mass is 316 g/mol. The van der Waals surface area contributed by atoms with Crippen LogP contribution in [0.1, 0.15) is 51.0 Å². The molecule has 0 nitrogen and oxygen atoms in total. The molecule has 0 aliphatic heterocycles. The summed E-state index contributed by atoms with van der Waals surface area (Å²) in [6, 6.07) is 24.4. The minimum Gasteiger partial charge on any atom is -0.0654 e. The smallest absolute Gasteiger partial charge is 0.0105 e. The fourth-order valence-corrected chi connectivity index (χ4v) is 3.44. The van der Waals surface area contributed by atoms with E-state index < -0.39 is 0 Å². The van der Waals surface area contributed by atoms with Gasteiger partial charge in [-0.3, -0.25) is 0 Å². The Bertz CT molecular complexity index is 747. The van der Waals surface area contributed by atoms with Crippen LogP contribution in [0.4, 0.5) is 0 Å². The summed E-state index contributed by atoms with van der Waals surface area (Å²) in [5.41, 5.74) is 4.12. The zero-order valence-electron chi connectivity index (χ0n) is 14.8. The van der Waals surface area contributed by atoms with Crippen molar-refractivity contribution in [3.05, 3.63) is 72.3 Å². The lowest BCUT2D eigenvalue weighted by molar-refractivity contribution is 0.607. The molecule has 3 aromatic carbocycles. The molecule has 0 heteroatoms. The average molecular weight is 316 g/mol. The van der Waals surface area contributed by atoms with Crippen LogP contribution in [0.3, 0.4) is 0 Å². The molecule has 0 unspecified atom stereocenters. The Balaban J connectivity index is 1.64. The van der Waals surface area contributed by atoms with Gasteiger partial charge in [-0.1, -0.05) is 106 Å². The molecular weight excluding hydrogens is 288 g/mol. The van der Waals surface area contributed by atoms with Crippen LogP contribution < -0.4 is 0 Å². The molecule has 0 saturated heterocycles. The topological polar surface area (TPSA) is 0 Å². The highest BCUT2D eigenvalue weighted by Crippen LogP contribution is 2.28. The summed E-state index contributed by atoms with van der Waals surface area (Å²) in [5, 5.41) is 2.65. The van der Waals surface area contributed by atoms with Gasteiger partial charge in [0.1, 0.15) is 0 Å². The quantitative estimate of drug-likeness (QED) is 0.379. The summed E-state index contributed by atoms with van der Waals surface area (Å²) in [4.78, 5) is 0. The first-order chi connectivity index (χ1) is 11.9.